The third-order valence-electron chi connectivity index (χ3n) is 3.27. The van der Waals surface area contributed by atoms with Gasteiger partial charge in [-0.15, -0.1) is 12.4 Å². The number of nitrogens with zero attached hydrogens (tertiary/aromatic N) is 1. The average Bonchev–Trinajstić information content (AvgIpc) is 2.82. The van der Waals surface area contributed by atoms with Crippen LogP contribution in [-0.4, -0.2) is 30.8 Å². The molecule has 1 fully saturated rings. The lowest BCUT2D eigenvalue weighted by molar-refractivity contribution is 0.195. The van der Waals surface area contributed by atoms with E-state index >= 15 is 0 Å². The highest BCUT2D eigenvalue weighted by Gasteiger charge is 2.19. The molecular weight excluding hydrogens is 238 g/mol. The van der Waals surface area contributed by atoms with Crippen LogP contribution in [0, 0.1) is 0 Å². The monoisotopic (exact) mass is 255 g/mol. The highest BCUT2D eigenvalue weighted by atomic mass is 35.5. The minimum atomic E-state index is 0. The third kappa shape index (κ3) is 2.70. The molecule has 0 bridgehead atoms. The summed E-state index contributed by atoms with van der Waals surface area (Å²) in [5.41, 5.74) is 3.80. The van der Waals surface area contributed by atoms with E-state index in [0.29, 0.717) is 6.04 Å². The molecule has 1 aromatic heterocycles. The second-order valence-electron chi connectivity index (χ2n) is 4.42. The summed E-state index contributed by atoms with van der Waals surface area (Å²) in [6.07, 6.45) is 4.04. The predicted molar refractivity (Wildman–Crippen MR) is 69.7 cm³/mol. The molecular formula is C12H18ClN3O. The Bertz CT molecular complexity index is 380. The molecule has 2 aliphatic heterocycles. The van der Waals surface area contributed by atoms with E-state index in [1.807, 2.05) is 6.20 Å². The van der Waals surface area contributed by atoms with Crippen molar-refractivity contribution in [2.24, 2.45) is 0 Å². The van der Waals surface area contributed by atoms with E-state index in [1.54, 1.807) is 0 Å². The van der Waals surface area contributed by atoms with Crippen LogP contribution in [0.25, 0.3) is 0 Å². The molecule has 0 aliphatic carbocycles. The second-order valence-corrected chi connectivity index (χ2v) is 4.42. The largest absolute Gasteiger partial charge is 0.380 e. The zero-order valence-corrected chi connectivity index (χ0v) is 10.6. The van der Waals surface area contributed by atoms with E-state index in [-0.39, 0.29) is 12.4 Å². The van der Waals surface area contributed by atoms with Crippen molar-refractivity contribution in [1.29, 1.82) is 0 Å². The number of halogens is 1. The number of hydrogen-bond donors (Lipinski definition) is 2. The smallest absolute Gasteiger partial charge is 0.0668 e. The summed E-state index contributed by atoms with van der Waals surface area (Å²) in [6, 6.07) is 2.54. The van der Waals surface area contributed by atoms with Crippen molar-refractivity contribution in [2.45, 2.75) is 25.4 Å². The first-order valence-corrected chi connectivity index (χ1v) is 5.95. The van der Waals surface area contributed by atoms with Gasteiger partial charge in [-0.25, -0.2) is 0 Å². The maximum absolute atomic E-state index is 5.38. The number of ether oxygens (including phenoxy) is 1. The zero-order chi connectivity index (χ0) is 10.8. The lowest BCUT2D eigenvalue weighted by Gasteiger charge is -2.22. The number of anilines is 1. The van der Waals surface area contributed by atoms with E-state index in [0.717, 1.165) is 39.1 Å². The summed E-state index contributed by atoms with van der Waals surface area (Å²) in [6.45, 7) is 3.67. The van der Waals surface area contributed by atoms with E-state index in [2.05, 4.69) is 21.7 Å². The third-order valence-corrected chi connectivity index (χ3v) is 3.27. The molecule has 3 heterocycles. The van der Waals surface area contributed by atoms with Crippen LogP contribution in [0.3, 0.4) is 0 Å². The Balaban J connectivity index is 0.00000108. The molecule has 1 atom stereocenters. The van der Waals surface area contributed by atoms with Crippen LogP contribution >= 0.6 is 12.4 Å². The van der Waals surface area contributed by atoms with Crippen LogP contribution in [0.1, 0.15) is 17.7 Å². The zero-order valence-electron chi connectivity index (χ0n) is 9.74. The molecule has 0 radical (unpaired) electrons. The van der Waals surface area contributed by atoms with Gasteiger partial charge in [-0.2, -0.15) is 0 Å². The first kappa shape index (κ1) is 12.6. The van der Waals surface area contributed by atoms with Crippen LogP contribution in [0.2, 0.25) is 0 Å². The highest BCUT2D eigenvalue weighted by Crippen LogP contribution is 2.23. The molecule has 3 rings (SSSR count). The lowest BCUT2D eigenvalue weighted by atomic mass is 10.0. The molecule has 94 valence electrons. The van der Waals surface area contributed by atoms with Crippen molar-refractivity contribution in [3.8, 4) is 0 Å². The molecule has 1 saturated heterocycles. The number of aromatic nitrogens is 1. The minimum Gasteiger partial charge on any atom is -0.380 e. The first-order chi connectivity index (χ1) is 7.93. The van der Waals surface area contributed by atoms with Gasteiger partial charge in [-0.3, -0.25) is 4.98 Å². The van der Waals surface area contributed by atoms with Crippen LogP contribution in [0.4, 0.5) is 5.69 Å². The Morgan fingerprint density at radius 1 is 1.47 bits per heavy atom. The number of rotatable bonds is 2. The average molecular weight is 256 g/mol. The molecule has 17 heavy (non-hydrogen) atoms. The van der Waals surface area contributed by atoms with Gasteiger partial charge in [0.15, 0.2) is 0 Å². The summed E-state index contributed by atoms with van der Waals surface area (Å²) in [7, 11) is 0. The number of hydrogen-bond acceptors (Lipinski definition) is 4. The normalized spacial score (nSPS) is 22.7. The number of fused-ring (bicyclic) bond motifs is 1. The molecule has 2 aliphatic rings. The van der Waals surface area contributed by atoms with Gasteiger partial charge in [0, 0.05) is 49.3 Å². The molecule has 0 spiro atoms. The molecule has 4 nitrogen and oxygen atoms in total. The van der Waals surface area contributed by atoms with Crippen LogP contribution in [-0.2, 0) is 17.7 Å². The number of nitrogens with one attached hydrogen (secondary N) is 2. The van der Waals surface area contributed by atoms with Gasteiger partial charge in [0.1, 0.15) is 0 Å². The Morgan fingerprint density at radius 3 is 3.24 bits per heavy atom. The van der Waals surface area contributed by atoms with Crippen molar-refractivity contribution in [3.63, 3.8) is 0 Å². The van der Waals surface area contributed by atoms with Crippen LogP contribution in [0.15, 0.2) is 12.3 Å². The Morgan fingerprint density at radius 2 is 2.41 bits per heavy atom. The predicted octanol–water partition coefficient (Wildman–Crippen LogP) is 1.35. The van der Waals surface area contributed by atoms with Gasteiger partial charge in [-0.1, -0.05) is 0 Å². The first-order valence-electron chi connectivity index (χ1n) is 5.95. The van der Waals surface area contributed by atoms with Crippen molar-refractivity contribution >= 4 is 18.1 Å². The van der Waals surface area contributed by atoms with Crippen LogP contribution in [0.5, 0.6) is 0 Å². The minimum absolute atomic E-state index is 0. The fourth-order valence-electron chi connectivity index (χ4n) is 2.37. The molecule has 5 heteroatoms. The quantitative estimate of drug-likeness (QED) is 0.838. The van der Waals surface area contributed by atoms with Gasteiger partial charge in [0.25, 0.3) is 0 Å². The SMILES string of the molecule is Cl.c1cc(NC2CCOC2)c2c(n1)CCNC2. The Kier molecular flexibility index (Phi) is 4.20. The fourth-order valence-corrected chi connectivity index (χ4v) is 2.37. The lowest BCUT2D eigenvalue weighted by Crippen LogP contribution is -2.27. The number of pyridine rings is 1. The van der Waals surface area contributed by atoms with E-state index in [4.69, 9.17) is 4.74 Å². The van der Waals surface area contributed by atoms with Crippen molar-refractivity contribution in [1.82, 2.24) is 10.3 Å². The van der Waals surface area contributed by atoms with Gasteiger partial charge >= 0.3 is 0 Å². The van der Waals surface area contributed by atoms with Crippen molar-refractivity contribution < 1.29 is 4.74 Å². The maximum atomic E-state index is 5.38. The van der Waals surface area contributed by atoms with Gasteiger partial charge in [0.2, 0.25) is 0 Å². The Labute approximate surface area is 108 Å². The summed E-state index contributed by atoms with van der Waals surface area (Å²) in [5.74, 6) is 0. The molecule has 1 unspecified atom stereocenters. The van der Waals surface area contributed by atoms with Gasteiger partial charge < -0.3 is 15.4 Å². The summed E-state index contributed by atoms with van der Waals surface area (Å²) < 4.78 is 5.38. The molecule has 0 aromatic carbocycles. The fraction of sp³-hybridized carbons (Fsp3) is 0.583. The molecule has 0 saturated carbocycles. The standard InChI is InChI=1S/C12H17N3O.ClH/c1-4-13-7-10-11(1)14-5-2-12(10)15-9-3-6-16-8-9;/h2,5,9,13H,1,3-4,6-8H2,(H,14,15);1H. The summed E-state index contributed by atoms with van der Waals surface area (Å²) in [5, 5.41) is 6.96. The Hall–Kier alpha value is -0.840. The second kappa shape index (κ2) is 5.67. The van der Waals surface area contributed by atoms with Crippen molar-refractivity contribution in [3.05, 3.63) is 23.5 Å². The highest BCUT2D eigenvalue weighted by molar-refractivity contribution is 5.85. The van der Waals surface area contributed by atoms with E-state index in [1.165, 1.54) is 16.9 Å². The topological polar surface area (TPSA) is 46.2 Å². The maximum Gasteiger partial charge on any atom is 0.0668 e. The summed E-state index contributed by atoms with van der Waals surface area (Å²) >= 11 is 0. The van der Waals surface area contributed by atoms with Crippen molar-refractivity contribution in [2.75, 3.05) is 25.1 Å². The molecule has 0 amide bonds. The van der Waals surface area contributed by atoms with E-state index in [9.17, 15) is 0 Å². The molecule has 1 aromatic rings. The van der Waals surface area contributed by atoms with Gasteiger partial charge in [0.05, 0.1) is 12.6 Å². The summed E-state index contributed by atoms with van der Waals surface area (Å²) in [4.78, 5) is 4.44. The van der Waals surface area contributed by atoms with E-state index < -0.39 is 0 Å². The van der Waals surface area contributed by atoms with Gasteiger partial charge in [-0.05, 0) is 12.5 Å². The molecule has 2 N–H and O–H groups in total. The van der Waals surface area contributed by atoms with Crippen LogP contribution < -0.4 is 10.6 Å².